The van der Waals surface area contributed by atoms with Crippen molar-refractivity contribution in [3.63, 3.8) is 0 Å². The maximum Gasteiger partial charge on any atom is 0.306 e. The van der Waals surface area contributed by atoms with Crippen LogP contribution < -0.4 is 0 Å². The third kappa shape index (κ3) is 50.4. The van der Waals surface area contributed by atoms with E-state index in [-0.39, 0.29) is 31.1 Å². The zero-order chi connectivity index (χ0) is 46.5. The molecule has 0 spiro atoms. The van der Waals surface area contributed by atoms with Crippen LogP contribution in [-0.2, 0) is 28.6 Å². The van der Waals surface area contributed by atoms with Gasteiger partial charge < -0.3 is 14.2 Å². The van der Waals surface area contributed by atoms with E-state index in [0.29, 0.717) is 19.3 Å². The fraction of sp³-hybridized carbons (Fsp3) is 0.810. The number of unbranched alkanes of at least 4 members (excludes halogenated alkanes) is 31. The summed E-state index contributed by atoms with van der Waals surface area (Å²) in [6.45, 7) is 6.50. The molecule has 0 radical (unpaired) electrons. The van der Waals surface area contributed by atoms with E-state index in [4.69, 9.17) is 14.2 Å². The Morgan fingerprint density at radius 3 is 1.02 bits per heavy atom. The molecule has 0 N–H and O–H groups in total. The minimum atomic E-state index is -0.776. The van der Waals surface area contributed by atoms with Crippen LogP contribution in [0.3, 0.4) is 0 Å². The highest BCUT2D eigenvalue weighted by atomic mass is 16.6. The Balaban J connectivity index is 4.29. The number of carbonyl (C=O) groups excluding carboxylic acids is 3. The van der Waals surface area contributed by atoms with E-state index in [1.807, 2.05) is 0 Å². The van der Waals surface area contributed by atoms with Crippen LogP contribution in [0.2, 0.25) is 0 Å². The average molecular weight is 897 g/mol. The molecule has 6 nitrogen and oxygen atoms in total. The van der Waals surface area contributed by atoms with Crippen molar-refractivity contribution >= 4 is 17.9 Å². The SMILES string of the molecule is CC/C=C\C/C=C\C/C=C\CCCCCCCCCCCC(=O)OCC(COC(=O)CCCCCC/C=C\CCCC)OC(=O)CCCCCCCCCCCCCCCCCCC. The molecule has 0 aliphatic rings. The lowest BCUT2D eigenvalue weighted by atomic mass is 10.0. The second kappa shape index (κ2) is 53.0. The molecule has 6 heteroatoms. The van der Waals surface area contributed by atoms with Crippen LogP contribution in [0.1, 0.15) is 284 Å². The Morgan fingerprint density at radius 2 is 0.625 bits per heavy atom. The molecule has 0 aromatic carbocycles. The monoisotopic (exact) mass is 897 g/mol. The van der Waals surface area contributed by atoms with Crippen molar-refractivity contribution in [2.45, 2.75) is 290 Å². The van der Waals surface area contributed by atoms with Crippen molar-refractivity contribution in [3.05, 3.63) is 48.6 Å². The summed E-state index contributed by atoms with van der Waals surface area (Å²) >= 11 is 0. The van der Waals surface area contributed by atoms with Gasteiger partial charge in [0.2, 0.25) is 0 Å². The molecule has 0 heterocycles. The summed E-state index contributed by atoms with van der Waals surface area (Å²) in [4.78, 5) is 38.0. The average Bonchev–Trinajstić information content (AvgIpc) is 3.29. The molecule has 372 valence electrons. The van der Waals surface area contributed by atoms with Gasteiger partial charge in [-0.25, -0.2) is 0 Å². The van der Waals surface area contributed by atoms with Gasteiger partial charge in [-0.3, -0.25) is 14.4 Å². The molecule has 1 atom stereocenters. The highest BCUT2D eigenvalue weighted by Crippen LogP contribution is 2.16. The smallest absolute Gasteiger partial charge is 0.306 e. The molecule has 0 aromatic heterocycles. The molecule has 0 aromatic rings. The molecule has 64 heavy (non-hydrogen) atoms. The van der Waals surface area contributed by atoms with Gasteiger partial charge in [0.05, 0.1) is 0 Å². The summed E-state index contributed by atoms with van der Waals surface area (Å²) in [6, 6.07) is 0. The maximum absolute atomic E-state index is 12.8. The second-order valence-electron chi connectivity index (χ2n) is 18.5. The van der Waals surface area contributed by atoms with Crippen molar-refractivity contribution in [2.24, 2.45) is 0 Å². The van der Waals surface area contributed by atoms with Crippen molar-refractivity contribution in [1.82, 2.24) is 0 Å². The summed E-state index contributed by atoms with van der Waals surface area (Å²) in [6.07, 6.45) is 63.9. The largest absolute Gasteiger partial charge is 0.462 e. The molecule has 0 aliphatic carbocycles. The number of ether oxygens (including phenoxy) is 3. The van der Waals surface area contributed by atoms with Crippen molar-refractivity contribution in [2.75, 3.05) is 13.2 Å². The first-order valence-corrected chi connectivity index (χ1v) is 27.6. The first-order chi connectivity index (χ1) is 31.5. The summed E-state index contributed by atoms with van der Waals surface area (Å²) in [5.74, 6) is -0.884. The van der Waals surface area contributed by atoms with Crippen LogP contribution in [0.4, 0.5) is 0 Å². The van der Waals surface area contributed by atoms with Gasteiger partial charge in [-0.1, -0.05) is 243 Å². The predicted octanol–water partition coefficient (Wildman–Crippen LogP) is 18.3. The molecule has 1 unspecified atom stereocenters. The molecule has 0 saturated heterocycles. The topological polar surface area (TPSA) is 78.9 Å². The lowest BCUT2D eigenvalue weighted by molar-refractivity contribution is -0.167. The van der Waals surface area contributed by atoms with E-state index in [2.05, 4.69) is 69.4 Å². The Bertz CT molecular complexity index is 1120. The minimum Gasteiger partial charge on any atom is -0.462 e. The van der Waals surface area contributed by atoms with Gasteiger partial charge >= 0.3 is 17.9 Å². The molecule has 0 rings (SSSR count). The van der Waals surface area contributed by atoms with Gasteiger partial charge in [0.1, 0.15) is 13.2 Å². The Morgan fingerprint density at radius 1 is 0.328 bits per heavy atom. The molecular formula is C58H104O6. The third-order valence-corrected chi connectivity index (χ3v) is 12.1. The van der Waals surface area contributed by atoms with E-state index in [9.17, 15) is 14.4 Å². The summed E-state index contributed by atoms with van der Waals surface area (Å²) in [5.41, 5.74) is 0. The van der Waals surface area contributed by atoms with Crippen molar-refractivity contribution in [3.8, 4) is 0 Å². The number of hydrogen-bond acceptors (Lipinski definition) is 6. The van der Waals surface area contributed by atoms with Crippen LogP contribution in [0.5, 0.6) is 0 Å². The maximum atomic E-state index is 12.8. The number of rotatable bonds is 50. The minimum absolute atomic E-state index is 0.0769. The molecule has 0 fully saturated rings. The lowest BCUT2D eigenvalue weighted by Crippen LogP contribution is -2.30. The summed E-state index contributed by atoms with van der Waals surface area (Å²) < 4.78 is 16.8. The molecule has 0 aliphatic heterocycles. The highest BCUT2D eigenvalue weighted by molar-refractivity contribution is 5.71. The zero-order valence-corrected chi connectivity index (χ0v) is 42.6. The lowest BCUT2D eigenvalue weighted by Gasteiger charge is -2.18. The van der Waals surface area contributed by atoms with Gasteiger partial charge in [0.15, 0.2) is 6.10 Å². The van der Waals surface area contributed by atoms with E-state index < -0.39 is 6.10 Å². The first kappa shape index (κ1) is 61.4. The zero-order valence-electron chi connectivity index (χ0n) is 42.6. The van der Waals surface area contributed by atoms with Gasteiger partial charge in [-0.15, -0.1) is 0 Å². The molecule has 0 saturated carbocycles. The van der Waals surface area contributed by atoms with Crippen LogP contribution in [-0.4, -0.2) is 37.2 Å². The van der Waals surface area contributed by atoms with Crippen molar-refractivity contribution in [1.29, 1.82) is 0 Å². The van der Waals surface area contributed by atoms with Gasteiger partial charge in [0.25, 0.3) is 0 Å². The van der Waals surface area contributed by atoms with Crippen LogP contribution in [0.25, 0.3) is 0 Å². The van der Waals surface area contributed by atoms with E-state index in [0.717, 1.165) is 96.3 Å². The summed E-state index contributed by atoms with van der Waals surface area (Å²) in [5, 5.41) is 0. The molecular weight excluding hydrogens is 793 g/mol. The fourth-order valence-corrected chi connectivity index (χ4v) is 7.91. The summed E-state index contributed by atoms with van der Waals surface area (Å²) in [7, 11) is 0. The standard InChI is InChI=1S/C58H104O6/c1-4-7-10-13-16-19-22-24-26-28-29-31-32-34-36-39-42-45-48-51-57(60)63-54-55(53-62-56(59)50-47-44-41-38-21-18-15-12-9-6-3)64-58(61)52-49-46-43-40-37-35-33-30-27-25-23-20-17-14-11-8-5-2/h7,10,15-16,18-19,24,26,55H,4-6,8-9,11-14,17,20-23,25,27-54H2,1-3H3/b10-7-,18-15-,19-16-,26-24-. The molecule has 0 amide bonds. The number of carbonyl (C=O) groups is 3. The van der Waals surface area contributed by atoms with Crippen molar-refractivity contribution < 1.29 is 28.6 Å². The predicted molar refractivity (Wildman–Crippen MR) is 275 cm³/mol. The quantitative estimate of drug-likeness (QED) is 0.0262. The number of esters is 3. The highest BCUT2D eigenvalue weighted by Gasteiger charge is 2.19. The van der Waals surface area contributed by atoms with Crippen LogP contribution in [0, 0.1) is 0 Å². The number of allylic oxidation sites excluding steroid dienone is 8. The van der Waals surface area contributed by atoms with Gasteiger partial charge in [0, 0.05) is 19.3 Å². The normalized spacial score (nSPS) is 12.4. The Labute approximate surface area is 397 Å². The second-order valence-corrected chi connectivity index (χ2v) is 18.5. The Hall–Kier alpha value is -2.63. The molecule has 0 bridgehead atoms. The fourth-order valence-electron chi connectivity index (χ4n) is 7.91. The van der Waals surface area contributed by atoms with E-state index in [1.54, 1.807) is 0 Å². The van der Waals surface area contributed by atoms with E-state index >= 15 is 0 Å². The van der Waals surface area contributed by atoms with Gasteiger partial charge in [-0.2, -0.15) is 0 Å². The van der Waals surface area contributed by atoms with E-state index in [1.165, 1.54) is 148 Å². The first-order valence-electron chi connectivity index (χ1n) is 27.6. The Kier molecular flexibility index (Phi) is 50.8. The van der Waals surface area contributed by atoms with Crippen LogP contribution in [0.15, 0.2) is 48.6 Å². The third-order valence-electron chi connectivity index (χ3n) is 12.1. The van der Waals surface area contributed by atoms with Gasteiger partial charge in [-0.05, 0) is 70.6 Å². The number of hydrogen-bond donors (Lipinski definition) is 0. The van der Waals surface area contributed by atoms with Crippen LogP contribution >= 0.6 is 0 Å².